The maximum atomic E-state index is 7.39. The van der Waals surface area contributed by atoms with Gasteiger partial charge in [-0.25, -0.2) is 0 Å². The summed E-state index contributed by atoms with van der Waals surface area (Å²) in [6, 6.07) is 190. The van der Waals surface area contributed by atoms with E-state index in [2.05, 4.69) is 544 Å². The summed E-state index contributed by atoms with van der Waals surface area (Å²) < 4.78 is 7.39. The van der Waals surface area contributed by atoms with Crippen molar-refractivity contribution in [2.24, 2.45) is 0 Å². The standard InChI is InChI=1S/C130H91N3O/c1-129(2)119-50-26-24-46-116(119)124-121(83-81-112(126(124)129)99-64-79-107(80-65-99)131(105-67-52-93(53-68-105)88-30-10-3-11-31-88)106-69-54-94(55-70-106)89-32-12-4-13-33-89)132(108-71-56-95(57-72-108)90-34-14-5-15-35-90)111-77-62-98(63-78-111)100-40-28-41-101(86-100)102-66-85-123-118(87-102)115-49-29-48-114(128(115)134-123)113-82-84-122(125-117-47-25-27-51-120(117)130(127(113)125,103-42-20-8-21-43-103)104-44-22-9-23-45-104)133(109-73-58-96(59-74-109)91-36-16-6-17-37-91)110-75-60-97(61-76-110)92-38-18-7-19-39-92/h3-87H,1-2H3. The smallest absolute Gasteiger partial charge is 0.143 e. The zero-order valence-corrected chi connectivity index (χ0v) is 74.3. The number of rotatable bonds is 20. The van der Waals surface area contributed by atoms with Gasteiger partial charge >= 0.3 is 0 Å². The van der Waals surface area contributed by atoms with Gasteiger partial charge in [0, 0.05) is 72.7 Å². The van der Waals surface area contributed by atoms with Gasteiger partial charge in [0.05, 0.1) is 16.8 Å². The number of hydrogen-bond donors (Lipinski definition) is 0. The van der Waals surface area contributed by atoms with Crippen LogP contribution in [0.25, 0.3) is 144 Å². The quantitative estimate of drug-likeness (QED) is 0.0759. The molecular formula is C130H91N3O. The van der Waals surface area contributed by atoms with Crippen molar-refractivity contribution in [3.63, 3.8) is 0 Å². The Bertz CT molecular complexity index is 7880. The highest BCUT2D eigenvalue weighted by atomic mass is 16.3. The predicted molar refractivity (Wildman–Crippen MR) is 562 cm³/mol. The molecule has 22 aromatic rings. The van der Waals surface area contributed by atoms with Crippen LogP contribution in [-0.4, -0.2) is 0 Å². The Kier molecular flexibility index (Phi) is 20.2. The maximum absolute atomic E-state index is 7.39. The first-order valence-corrected chi connectivity index (χ1v) is 46.3. The topological polar surface area (TPSA) is 22.9 Å². The van der Waals surface area contributed by atoms with Gasteiger partial charge in [-0.15, -0.1) is 0 Å². The summed E-state index contributed by atoms with van der Waals surface area (Å²) in [5.74, 6) is 0. The van der Waals surface area contributed by atoms with Gasteiger partial charge in [0.2, 0.25) is 0 Å². The Morgan fingerprint density at radius 2 is 0.478 bits per heavy atom. The van der Waals surface area contributed by atoms with Crippen LogP contribution in [0.15, 0.2) is 520 Å². The van der Waals surface area contributed by atoms with Crippen molar-refractivity contribution < 1.29 is 4.42 Å². The molecule has 0 atom stereocenters. The van der Waals surface area contributed by atoms with Crippen LogP contribution in [0.2, 0.25) is 0 Å². The van der Waals surface area contributed by atoms with E-state index < -0.39 is 5.41 Å². The van der Waals surface area contributed by atoms with Crippen LogP contribution in [0.3, 0.4) is 0 Å². The molecule has 0 saturated heterocycles. The molecule has 0 N–H and O–H groups in total. The highest BCUT2D eigenvalue weighted by molar-refractivity contribution is 6.13. The Labute approximate surface area is 782 Å². The van der Waals surface area contributed by atoms with E-state index in [1.165, 1.54) is 94.6 Å². The molecular weight excluding hydrogens is 1620 g/mol. The lowest BCUT2D eigenvalue weighted by Gasteiger charge is -2.36. The first-order valence-electron chi connectivity index (χ1n) is 46.3. The summed E-state index contributed by atoms with van der Waals surface area (Å²) in [6.45, 7) is 4.82. The largest absolute Gasteiger partial charge is 0.455 e. The second-order valence-corrected chi connectivity index (χ2v) is 35.7. The van der Waals surface area contributed by atoms with Crippen LogP contribution in [0.1, 0.15) is 47.2 Å². The lowest BCUT2D eigenvalue weighted by molar-refractivity contribution is 0.662. The molecule has 4 nitrogen and oxygen atoms in total. The molecule has 2 aliphatic rings. The van der Waals surface area contributed by atoms with Crippen molar-refractivity contribution in [3.8, 4) is 122 Å². The number of hydrogen-bond acceptors (Lipinski definition) is 4. The Hall–Kier alpha value is -17.2. The van der Waals surface area contributed by atoms with Gasteiger partial charge in [-0.1, -0.05) is 414 Å². The summed E-state index contributed by atoms with van der Waals surface area (Å²) >= 11 is 0. The molecule has 1 heterocycles. The molecule has 0 radical (unpaired) electrons. The highest BCUT2D eigenvalue weighted by Crippen LogP contribution is 2.64. The fraction of sp³-hybridized carbons (Fsp3) is 0.0308. The molecule has 134 heavy (non-hydrogen) atoms. The molecule has 0 spiro atoms. The van der Waals surface area contributed by atoms with Gasteiger partial charge < -0.3 is 19.1 Å². The van der Waals surface area contributed by atoms with Crippen LogP contribution < -0.4 is 14.7 Å². The van der Waals surface area contributed by atoms with Crippen molar-refractivity contribution in [3.05, 3.63) is 549 Å². The highest BCUT2D eigenvalue weighted by Gasteiger charge is 2.50. The second-order valence-electron chi connectivity index (χ2n) is 35.7. The van der Waals surface area contributed by atoms with Crippen LogP contribution in [0, 0.1) is 0 Å². The molecule has 0 saturated carbocycles. The Morgan fingerprint density at radius 1 is 0.187 bits per heavy atom. The molecule has 4 heteroatoms. The fourth-order valence-electron chi connectivity index (χ4n) is 21.4. The van der Waals surface area contributed by atoms with E-state index in [-0.39, 0.29) is 5.41 Å². The number of anilines is 9. The number of nitrogens with zero attached hydrogens (tertiary/aromatic N) is 3. The summed E-state index contributed by atoms with van der Waals surface area (Å²) in [4.78, 5) is 7.33. The first-order chi connectivity index (χ1) is 66.2. The molecule has 0 bridgehead atoms. The van der Waals surface area contributed by atoms with Crippen molar-refractivity contribution in [2.45, 2.75) is 24.7 Å². The minimum Gasteiger partial charge on any atom is -0.455 e. The lowest BCUT2D eigenvalue weighted by atomic mass is 9.66. The Balaban J connectivity index is 0.602. The summed E-state index contributed by atoms with van der Waals surface area (Å²) in [7, 11) is 0. The third kappa shape index (κ3) is 14.0. The van der Waals surface area contributed by atoms with E-state index in [0.717, 1.165) is 134 Å². The van der Waals surface area contributed by atoms with E-state index in [0.29, 0.717) is 0 Å². The minimum absolute atomic E-state index is 0.361. The summed E-state index contributed by atoms with van der Waals surface area (Å²) in [6.07, 6.45) is 0. The zero-order chi connectivity index (χ0) is 89.2. The SMILES string of the molecule is CC1(C)c2ccccc2-c2c(N(c3ccc(-c4ccccc4)cc3)c3ccc(-c4cccc(-c5ccc6oc7c(-c8ccc(N(c9ccc(-c%10ccccc%10)cc9)c9ccc(-c%10ccccc%10)cc9)c9c8C(c8ccccc8)(c8ccccc8)c8ccccc8-9)cccc7c6c5)c4)cc3)ccc(-c3ccc(N(c4ccc(-c5ccccc5)cc4)c4ccc(-c5ccccc5)cc4)cc3)c21. The third-order valence-corrected chi connectivity index (χ3v) is 27.8. The van der Waals surface area contributed by atoms with E-state index in [9.17, 15) is 0 Å². The molecule has 24 rings (SSSR count). The molecule has 0 amide bonds. The van der Waals surface area contributed by atoms with E-state index in [1.807, 2.05) is 0 Å². The van der Waals surface area contributed by atoms with Crippen molar-refractivity contribution >= 4 is 73.1 Å². The van der Waals surface area contributed by atoms with E-state index in [1.54, 1.807) is 0 Å². The van der Waals surface area contributed by atoms with Gasteiger partial charge in [-0.05, 0) is 254 Å². The van der Waals surface area contributed by atoms with Crippen molar-refractivity contribution in [1.82, 2.24) is 0 Å². The van der Waals surface area contributed by atoms with Crippen LogP contribution in [0.4, 0.5) is 51.2 Å². The number of para-hydroxylation sites is 1. The average molecular weight is 1710 g/mol. The lowest BCUT2D eigenvalue weighted by Crippen LogP contribution is -2.29. The van der Waals surface area contributed by atoms with Gasteiger partial charge in [0.1, 0.15) is 11.2 Å². The Morgan fingerprint density at radius 3 is 0.896 bits per heavy atom. The van der Waals surface area contributed by atoms with Crippen molar-refractivity contribution in [1.29, 1.82) is 0 Å². The normalized spacial score (nSPS) is 12.5. The molecule has 0 aliphatic heterocycles. The zero-order valence-electron chi connectivity index (χ0n) is 74.3. The van der Waals surface area contributed by atoms with Gasteiger partial charge in [0.15, 0.2) is 0 Å². The molecule has 0 unspecified atom stereocenters. The summed E-state index contributed by atoms with van der Waals surface area (Å²) in [5.41, 5.74) is 43.0. The van der Waals surface area contributed by atoms with Gasteiger partial charge in [-0.3, -0.25) is 0 Å². The number of fused-ring (bicyclic) bond motifs is 9. The van der Waals surface area contributed by atoms with Crippen LogP contribution in [-0.2, 0) is 10.8 Å². The maximum Gasteiger partial charge on any atom is 0.143 e. The monoisotopic (exact) mass is 1710 g/mol. The second kappa shape index (κ2) is 33.7. The van der Waals surface area contributed by atoms with Gasteiger partial charge in [-0.2, -0.15) is 0 Å². The van der Waals surface area contributed by atoms with E-state index in [4.69, 9.17) is 4.42 Å². The van der Waals surface area contributed by atoms with Gasteiger partial charge in [0.25, 0.3) is 0 Å². The number of furan rings is 1. The molecule has 1 aromatic heterocycles. The molecule has 21 aromatic carbocycles. The van der Waals surface area contributed by atoms with Crippen LogP contribution in [0.5, 0.6) is 0 Å². The molecule has 0 fully saturated rings. The van der Waals surface area contributed by atoms with Crippen molar-refractivity contribution in [2.75, 3.05) is 14.7 Å². The fourth-order valence-corrected chi connectivity index (χ4v) is 21.4. The first kappa shape index (κ1) is 80.2. The molecule has 2 aliphatic carbocycles. The number of benzene rings is 21. The minimum atomic E-state index is -0.781. The predicted octanol–water partition coefficient (Wildman–Crippen LogP) is 35.7. The third-order valence-electron chi connectivity index (χ3n) is 27.8. The van der Waals surface area contributed by atoms with Crippen LogP contribution >= 0.6 is 0 Å². The molecule has 632 valence electrons. The average Bonchev–Trinajstić information content (AvgIpc) is 1.52. The summed E-state index contributed by atoms with van der Waals surface area (Å²) in [5, 5.41) is 2.10. The van der Waals surface area contributed by atoms with E-state index >= 15 is 0 Å².